The molecule has 0 N–H and O–H groups in total. The van der Waals surface area contributed by atoms with Crippen LogP contribution in [0.15, 0.2) is 29.3 Å². The molecule has 0 aliphatic rings. The van der Waals surface area contributed by atoms with Gasteiger partial charge in [-0.15, -0.1) is 0 Å². The van der Waals surface area contributed by atoms with Crippen LogP contribution in [0.5, 0.6) is 0 Å². The number of aliphatic imine (C=N–C) groups is 1. The molecule has 1 unspecified atom stereocenters. The number of rotatable bonds is 4. The number of hydrogen-bond acceptors (Lipinski definition) is 2. The van der Waals surface area contributed by atoms with Gasteiger partial charge in [0.05, 0.1) is 0 Å². The highest BCUT2D eigenvalue weighted by molar-refractivity contribution is 5.35. The van der Waals surface area contributed by atoms with Crippen molar-refractivity contribution in [3.8, 4) is 0 Å². The average Bonchev–Trinajstić information content (AvgIpc) is 2.19. The maximum atomic E-state index is 13.1. The summed E-state index contributed by atoms with van der Waals surface area (Å²) in [5.41, 5.74) is 1.48. The van der Waals surface area contributed by atoms with Crippen LogP contribution >= 0.6 is 0 Å². The second-order valence-electron chi connectivity index (χ2n) is 3.05. The number of hydrogen-bond donors (Lipinski definition) is 0. The molecule has 1 rings (SSSR count). The van der Waals surface area contributed by atoms with Gasteiger partial charge in [0.25, 0.3) is 0 Å². The van der Waals surface area contributed by atoms with E-state index in [9.17, 15) is 9.18 Å². The topological polar surface area (TPSA) is 29.4 Å². The van der Waals surface area contributed by atoms with Gasteiger partial charge in [-0.3, -0.25) is 0 Å². The van der Waals surface area contributed by atoms with Crippen molar-refractivity contribution in [3.63, 3.8) is 0 Å². The summed E-state index contributed by atoms with van der Waals surface area (Å²) in [7, 11) is 0. The highest BCUT2D eigenvalue weighted by Crippen LogP contribution is 2.19. The van der Waals surface area contributed by atoms with Crippen LogP contribution < -0.4 is 0 Å². The summed E-state index contributed by atoms with van der Waals surface area (Å²) in [6.45, 7) is 2.06. The van der Waals surface area contributed by atoms with E-state index in [0.29, 0.717) is 5.56 Å². The largest absolute Gasteiger partial charge is 0.238 e. The van der Waals surface area contributed by atoms with E-state index in [1.807, 2.05) is 6.07 Å². The quantitative estimate of drug-likeness (QED) is 0.410. The van der Waals surface area contributed by atoms with Crippen LogP contribution in [0, 0.1) is 0 Å². The molecule has 0 amide bonds. The van der Waals surface area contributed by atoms with Gasteiger partial charge in [-0.25, -0.2) is 9.18 Å². The zero-order valence-electron chi connectivity index (χ0n) is 8.03. The SMILES string of the molecule is CCCc1cccc(C(F)N=C=O)c1. The molecule has 1 aromatic rings. The van der Waals surface area contributed by atoms with Crippen molar-refractivity contribution in [2.24, 2.45) is 4.99 Å². The van der Waals surface area contributed by atoms with Gasteiger partial charge in [0.15, 0.2) is 0 Å². The third-order valence-electron chi connectivity index (χ3n) is 1.93. The van der Waals surface area contributed by atoms with Crippen molar-refractivity contribution in [2.75, 3.05) is 0 Å². The molecule has 0 radical (unpaired) electrons. The third-order valence-corrected chi connectivity index (χ3v) is 1.93. The lowest BCUT2D eigenvalue weighted by Gasteiger charge is -2.03. The maximum absolute atomic E-state index is 13.1. The van der Waals surface area contributed by atoms with Gasteiger partial charge in [0.2, 0.25) is 12.4 Å². The Kier molecular flexibility index (Phi) is 4.02. The Hall–Kier alpha value is -1.47. The Bertz CT molecular complexity index is 345. The molecule has 0 heterocycles. The molecule has 74 valence electrons. The first-order valence-corrected chi connectivity index (χ1v) is 4.57. The van der Waals surface area contributed by atoms with Crippen LogP contribution in [0.1, 0.15) is 30.8 Å². The minimum Gasteiger partial charge on any atom is -0.215 e. The van der Waals surface area contributed by atoms with E-state index in [1.165, 1.54) is 6.08 Å². The highest BCUT2D eigenvalue weighted by Gasteiger charge is 2.07. The lowest BCUT2D eigenvalue weighted by molar-refractivity contribution is 0.356. The Balaban J connectivity index is 2.87. The minimum absolute atomic E-state index is 0.416. The van der Waals surface area contributed by atoms with Crippen LogP contribution in [-0.4, -0.2) is 6.08 Å². The van der Waals surface area contributed by atoms with Gasteiger partial charge in [-0.1, -0.05) is 37.6 Å². The lowest BCUT2D eigenvalue weighted by atomic mass is 10.1. The fraction of sp³-hybridized carbons (Fsp3) is 0.364. The van der Waals surface area contributed by atoms with Crippen LogP contribution in [-0.2, 0) is 11.2 Å². The predicted molar refractivity (Wildman–Crippen MR) is 52.4 cm³/mol. The normalized spacial score (nSPS) is 11.9. The molecule has 0 fully saturated rings. The van der Waals surface area contributed by atoms with Crippen LogP contribution in [0.25, 0.3) is 0 Å². The van der Waals surface area contributed by atoms with Crippen LogP contribution in [0.2, 0.25) is 0 Å². The van der Waals surface area contributed by atoms with E-state index >= 15 is 0 Å². The number of aryl methyl sites for hydroxylation is 1. The second-order valence-corrected chi connectivity index (χ2v) is 3.05. The molecular formula is C11H12FNO. The smallest absolute Gasteiger partial charge is 0.215 e. The fourth-order valence-electron chi connectivity index (χ4n) is 1.31. The molecule has 0 aliphatic carbocycles. The van der Waals surface area contributed by atoms with E-state index in [-0.39, 0.29) is 0 Å². The zero-order valence-corrected chi connectivity index (χ0v) is 8.03. The van der Waals surface area contributed by atoms with Crippen molar-refractivity contribution in [2.45, 2.75) is 26.1 Å². The fourth-order valence-corrected chi connectivity index (χ4v) is 1.31. The summed E-state index contributed by atoms with van der Waals surface area (Å²) in [6, 6.07) is 7.05. The molecule has 1 aromatic carbocycles. The summed E-state index contributed by atoms with van der Waals surface area (Å²) in [4.78, 5) is 12.9. The Morgan fingerprint density at radius 2 is 2.36 bits per heavy atom. The van der Waals surface area contributed by atoms with Crippen molar-refractivity contribution in [3.05, 3.63) is 35.4 Å². The van der Waals surface area contributed by atoms with Crippen molar-refractivity contribution >= 4 is 6.08 Å². The molecule has 3 heteroatoms. The number of benzene rings is 1. The van der Waals surface area contributed by atoms with Gasteiger partial charge in [-0.2, -0.15) is 4.99 Å². The first kappa shape index (κ1) is 10.6. The molecule has 0 spiro atoms. The van der Waals surface area contributed by atoms with E-state index in [2.05, 4.69) is 11.9 Å². The molecule has 2 nitrogen and oxygen atoms in total. The number of halogens is 1. The standard InChI is InChI=1S/C11H12FNO/c1-2-4-9-5-3-6-10(7-9)11(12)13-8-14/h3,5-7,11H,2,4H2,1H3. The number of alkyl halides is 1. The number of carbonyl (C=O) groups excluding carboxylic acids is 1. The summed E-state index contributed by atoms with van der Waals surface area (Å²) in [5.74, 6) is 0. The monoisotopic (exact) mass is 193 g/mol. The Morgan fingerprint density at radius 3 is 3.00 bits per heavy atom. The van der Waals surface area contributed by atoms with Crippen LogP contribution in [0.3, 0.4) is 0 Å². The van der Waals surface area contributed by atoms with Gasteiger partial charge in [-0.05, 0) is 12.0 Å². The third kappa shape index (κ3) is 2.79. The molecule has 1 atom stereocenters. The Labute approximate surface area is 82.5 Å². The van der Waals surface area contributed by atoms with E-state index in [0.717, 1.165) is 18.4 Å². The lowest BCUT2D eigenvalue weighted by Crippen LogP contribution is -1.90. The summed E-state index contributed by atoms with van der Waals surface area (Å²) < 4.78 is 13.1. The number of isocyanates is 1. The highest BCUT2D eigenvalue weighted by atomic mass is 19.1. The van der Waals surface area contributed by atoms with E-state index in [1.54, 1.807) is 18.2 Å². The van der Waals surface area contributed by atoms with E-state index < -0.39 is 6.30 Å². The minimum atomic E-state index is -1.58. The summed E-state index contributed by atoms with van der Waals surface area (Å²) in [6.07, 6.45) is 1.56. The van der Waals surface area contributed by atoms with Crippen LogP contribution in [0.4, 0.5) is 4.39 Å². The van der Waals surface area contributed by atoms with Gasteiger partial charge in [0, 0.05) is 5.56 Å². The second kappa shape index (κ2) is 5.30. The van der Waals surface area contributed by atoms with Gasteiger partial charge in [0.1, 0.15) is 0 Å². The van der Waals surface area contributed by atoms with Crippen molar-refractivity contribution in [1.82, 2.24) is 0 Å². The Morgan fingerprint density at radius 1 is 1.57 bits per heavy atom. The molecule has 0 aliphatic heterocycles. The first-order chi connectivity index (χ1) is 6.77. The summed E-state index contributed by atoms with van der Waals surface area (Å²) >= 11 is 0. The summed E-state index contributed by atoms with van der Waals surface area (Å²) in [5, 5.41) is 0. The molecule has 0 bridgehead atoms. The molecule has 0 saturated carbocycles. The first-order valence-electron chi connectivity index (χ1n) is 4.57. The van der Waals surface area contributed by atoms with Gasteiger partial charge >= 0.3 is 0 Å². The number of nitrogens with zero attached hydrogens (tertiary/aromatic N) is 1. The van der Waals surface area contributed by atoms with Gasteiger partial charge < -0.3 is 0 Å². The van der Waals surface area contributed by atoms with Crippen molar-refractivity contribution in [1.29, 1.82) is 0 Å². The molecular weight excluding hydrogens is 181 g/mol. The zero-order chi connectivity index (χ0) is 10.4. The maximum Gasteiger partial charge on any atom is 0.238 e. The molecule has 0 saturated heterocycles. The predicted octanol–water partition coefficient (Wildman–Crippen LogP) is 2.94. The molecule has 0 aromatic heterocycles. The molecule has 14 heavy (non-hydrogen) atoms. The average molecular weight is 193 g/mol. The van der Waals surface area contributed by atoms with E-state index in [4.69, 9.17) is 0 Å². The van der Waals surface area contributed by atoms with Crippen molar-refractivity contribution < 1.29 is 9.18 Å².